The van der Waals surface area contributed by atoms with Crippen LogP contribution in [-0.4, -0.2) is 30.3 Å². The van der Waals surface area contributed by atoms with E-state index in [9.17, 15) is 4.79 Å². The Balaban J connectivity index is 2.27. The van der Waals surface area contributed by atoms with Crippen molar-refractivity contribution in [3.8, 4) is 0 Å². The average molecular weight is 169 g/mol. The molecule has 0 amide bonds. The third-order valence-electron chi connectivity index (χ3n) is 3.05. The monoisotopic (exact) mass is 169 g/mol. The van der Waals surface area contributed by atoms with Gasteiger partial charge in [-0.2, -0.15) is 0 Å². The molecule has 12 heavy (non-hydrogen) atoms. The zero-order valence-electron chi connectivity index (χ0n) is 8.50. The number of hydrogen-bond donors (Lipinski definition) is 0. The lowest BCUT2D eigenvalue weighted by Gasteiger charge is -2.22. The maximum absolute atomic E-state index is 11.0. The first kappa shape index (κ1) is 9.72. The van der Waals surface area contributed by atoms with Crippen molar-refractivity contribution in [3.05, 3.63) is 0 Å². The van der Waals surface area contributed by atoms with Gasteiger partial charge in [-0.25, -0.2) is 0 Å². The molecule has 0 aromatic carbocycles. The molecule has 0 heterocycles. The van der Waals surface area contributed by atoms with Crippen LogP contribution in [0.5, 0.6) is 0 Å². The van der Waals surface area contributed by atoms with E-state index in [1.165, 1.54) is 6.42 Å². The van der Waals surface area contributed by atoms with Gasteiger partial charge in [0.25, 0.3) is 0 Å². The molecule has 0 saturated heterocycles. The van der Waals surface area contributed by atoms with Crippen LogP contribution < -0.4 is 0 Å². The van der Waals surface area contributed by atoms with Crippen molar-refractivity contribution in [2.75, 3.05) is 13.6 Å². The highest BCUT2D eigenvalue weighted by Gasteiger charge is 2.34. The van der Waals surface area contributed by atoms with Crippen LogP contribution in [0.4, 0.5) is 0 Å². The molecule has 3 atom stereocenters. The van der Waals surface area contributed by atoms with E-state index in [0.717, 1.165) is 18.4 Å². The second kappa shape index (κ2) is 3.56. The van der Waals surface area contributed by atoms with Gasteiger partial charge in [0.05, 0.1) is 6.04 Å². The van der Waals surface area contributed by atoms with E-state index in [0.29, 0.717) is 0 Å². The van der Waals surface area contributed by atoms with Gasteiger partial charge < -0.3 is 0 Å². The third-order valence-corrected chi connectivity index (χ3v) is 3.05. The summed E-state index contributed by atoms with van der Waals surface area (Å²) >= 11 is 0. The van der Waals surface area contributed by atoms with Crippen LogP contribution in [0.15, 0.2) is 0 Å². The Morgan fingerprint density at radius 2 is 2.17 bits per heavy atom. The Labute approximate surface area is 74.9 Å². The van der Waals surface area contributed by atoms with Crippen LogP contribution in [0, 0.1) is 11.8 Å². The second-order valence-corrected chi connectivity index (χ2v) is 4.20. The summed E-state index contributed by atoms with van der Waals surface area (Å²) in [5.74, 6) is 1.99. The highest BCUT2D eigenvalue weighted by Crippen LogP contribution is 2.38. The van der Waals surface area contributed by atoms with Crippen molar-refractivity contribution in [3.63, 3.8) is 0 Å². The molecule has 0 aliphatic heterocycles. The Kier molecular flexibility index (Phi) is 2.89. The number of likely N-dealkylation sites (N-methyl/N-ethyl adjacent to an activating group) is 1. The lowest BCUT2D eigenvalue weighted by atomic mass is 10.2. The first-order valence-corrected chi connectivity index (χ1v) is 4.73. The molecular weight excluding hydrogens is 150 g/mol. The van der Waals surface area contributed by atoms with Crippen molar-refractivity contribution in [2.24, 2.45) is 11.8 Å². The Bertz CT molecular complexity index is 179. The number of rotatable bonds is 4. The van der Waals surface area contributed by atoms with Crippen molar-refractivity contribution >= 4 is 5.78 Å². The molecule has 1 rings (SSSR count). The third kappa shape index (κ3) is 2.31. The molecule has 1 aliphatic carbocycles. The van der Waals surface area contributed by atoms with Crippen LogP contribution in [0.1, 0.15) is 27.2 Å². The van der Waals surface area contributed by atoms with E-state index >= 15 is 0 Å². The fourth-order valence-corrected chi connectivity index (χ4v) is 1.49. The second-order valence-electron chi connectivity index (χ2n) is 4.20. The SMILES string of the molecule is CC(=O)C(C)N(C)CC1CC1C. The Morgan fingerprint density at radius 1 is 1.67 bits per heavy atom. The van der Waals surface area contributed by atoms with Crippen molar-refractivity contribution in [2.45, 2.75) is 33.2 Å². The van der Waals surface area contributed by atoms with Crippen molar-refractivity contribution in [1.29, 1.82) is 0 Å². The zero-order valence-corrected chi connectivity index (χ0v) is 8.50. The summed E-state index contributed by atoms with van der Waals surface area (Å²) < 4.78 is 0. The van der Waals surface area contributed by atoms with Gasteiger partial charge in [0.15, 0.2) is 0 Å². The molecule has 1 aliphatic rings. The number of Topliss-reactive ketones (excluding diaryl/α,β-unsaturated/α-hetero) is 1. The number of hydrogen-bond acceptors (Lipinski definition) is 2. The first-order valence-electron chi connectivity index (χ1n) is 4.73. The highest BCUT2D eigenvalue weighted by atomic mass is 16.1. The summed E-state index contributed by atoms with van der Waals surface area (Å²) in [5, 5.41) is 0. The minimum atomic E-state index is 0.0952. The maximum atomic E-state index is 11.0. The molecule has 0 radical (unpaired) electrons. The van der Waals surface area contributed by atoms with Gasteiger partial charge in [-0.15, -0.1) is 0 Å². The van der Waals surface area contributed by atoms with Gasteiger partial charge in [0.1, 0.15) is 5.78 Å². The number of carbonyl (C=O) groups is 1. The minimum Gasteiger partial charge on any atom is -0.298 e. The van der Waals surface area contributed by atoms with Crippen LogP contribution in [-0.2, 0) is 4.79 Å². The van der Waals surface area contributed by atoms with E-state index in [-0.39, 0.29) is 11.8 Å². The molecule has 70 valence electrons. The molecule has 0 aromatic heterocycles. The van der Waals surface area contributed by atoms with E-state index in [1.54, 1.807) is 6.92 Å². The molecular formula is C10H19NO. The number of ketones is 1. The summed E-state index contributed by atoms with van der Waals surface area (Å²) in [5.41, 5.74) is 0. The highest BCUT2D eigenvalue weighted by molar-refractivity contribution is 5.80. The average Bonchev–Trinajstić information content (AvgIpc) is 2.64. The lowest BCUT2D eigenvalue weighted by molar-refractivity contribution is -0.121. The smallest absolute Gasteiger partial charge is 0.146 e. The van der Waals surface area contributed by atoms with Gasteiger partial charge in [-0.1, -0.05) is 6.92 Å². The molecule has 1 fully saturated rings. The predicted octanol–water partition coefficient (Wildman–Crippen LogP) is 1.55. The molecule has 3 unspecified atom stereocenters. The largest absolute Gasteiger partial charge is 0.298 e. The molecule has 2 nitrogen and oxygen atoms in total. The van der Waals surface area contributed by atoms with Gasteiger partial charge in [-0.3, -0.25) is 9.69 Å². The van der Waals surface area contributed by atoms with Crippen LogP contribution in [0.3, 0.4) is 0 Å². The Morgan fingerprint density at radius 3 is 2.50 bits per heavy atom. The van der Waals surface area contributed by atoms with Crippen LogP contribution >= 0.6 is 0 Å². The maximum Gasteiger partial charge on any atom is 0.146 e. The molecule has 0 bridgehead atoms. The normalized spacial score (nSPS) is 30.4. The summed E-state index contributed by atoms with van der Waals surface area (Å²) in [7, 11) is 2.04. The molecule has 2 heteroatoms. The minimum absolute atomic E-state index is 0.0952. The predicted molar refractivity (Wildman–Crippen MR) is 50.0 cm³/mol. The summed E-state index contributed by atoms with van der Waals surface area (Å²) in [6.07, 6.45) is 1.34. The van der Waals surface area contributed by atoms with Crippen LogP contribution in [0.2, 0.25) is 0 Å². The fraction of sp³-hybridized carbons (Fsp3) is 0.900. The zero-order chi connectivity index (χ0) is 9.30. The Hall–Kier alpha value is -0.370. The summed E-state index contributed by atoms with van der Waals surface area (Å²) in [6.45, 7) is 7.01. The van der Waals surface area contributed by atoms with E-state index in [1.807, 2.05) is 14.0 Å². The molecule has 0 spiro atoms. The molecule has 0 aromatic rings. The van der Waals surface area contributed by atoms with Gasteiger partial charge in [-0.05, 0) is 39.2 Å². The van der Waals surface area contributed by atoms with Crippen LogP contribution in [0.25, 0.3) is 0 Å². The van der Waals surface area contributed by atoms with E-state index < -0.39 is 0 Å². The topological polar surface area (TPSA) is 20.3 Å². The summed E-state index contributed by atoms with van der Waals surface area (Å²) in [4.78, 5) is 13.2. The van der Waals surface area contributed by atoms with Gasteiger partial charge in [0, 0.05) is 6.54 Å². The summed E-state index contributed by atoms with van der Waals surface area (Å²) in [6, 6.07) is 0.0952. The standard InChI is InChI=1S/C10H19NO/c1-7-5-10(7)6-11(4)8(2)9(3)12/h7-8,10H,5-6H2,1-4H3. The van der Waals surface area contributed by atoms with E-state index in [2.05, 4.69) is 11.8 Å². The number of carbonyl (C=O) groups excluding carboxylic acids is 1. The van der Waals surface area contributed by atoms with E-state index in [4.69, 9.17) is 0 Å². The fourth-order valence-electron chi connectivity index (χ4n) is 1.49. The first-order chi connectivity index (χ1) is 5.52. The lowest BCUT2D eigenvalue weighted by Crippen LogP contribution is -2.36. The molecule has 0 N–H and O–H groups in total. The molecule has 1 saturated carbocycles. The van der Waals surface area contributed by atoms with Crippen molar-refractivity contribution in [1.82, 2.24) is 4.90 Å². The van der Waals surface area contributed by atoms with Gasteiger partial charge >= 0.3 is 0 Å². The van der Waals surface area contributed by atoms with Gasteiger partial charge in [0.2, 0.25) is 0 Å². The van der Waals surface area contributed by atoms with Crippen molar-refractivity contribution < 1.29 is 4.79 Å². The number of nitrogens with zero attached hydrogens (tertiary/aromatic N) is 1. The quantitative estimate of drug-likeness (QED) is 0.636.